The minimum atomic E-state index is -0.236. The molecule has 3 N–H and O–H groups in total. The largest absolute Gasteiger partial charge is 0.383 e. The van der Waals surface area contributed by atoms with Crippen LogP contribution in [0.25, 0.3) is 28.2 Å². The molecule has 5 heterocycles. The number of carbonyl (C=O) groups is 1. The summed E-state index contributed by atoms with van der Waals surface area (Å²) >= 11 is 0. The van der Waals surface area contributed by atoms with Gasteiger partial charge in [-0.3, -0.25) is 14.3 Å². The molecule has 1 aliphatic heterocycles. The SMILES string of the molecule is N#Cc1cccc(C(=O)NC2CCN(Cc3ccc(-n4c(-c5cccnc5N)nc5cccnc54)cc3)CC2)n1. The number of anilines is 1. The second-order valence-corrected chi connectivity index (χ2v) is 9.76. The molecular weight excluding hydrogens is 502 g/mol. The van der Waals surface area contributed by atoms with Crippen LogP contribution < -0.4 is 11.1 Å². The number of amides is 1. The van der Waals surface area contributed by atoms with Gasteiger partial charge in [-0.05, 0) is 66.9 Å². The summed E-state index contributed by atoms with van der Waals surface area (Å²) in [4.78, 5) is 32.7. The van der Waals surface area contributed by atoms with E-state index < -0.39 is 0 Å². The standard InChI is InChI=1S/C30H27N9O/c31-18-22-4-1-6-26(35-22)30(40)36-21-12-16-38(17-13-21)19-20-8-10-23(11-9-20)39-28(24-5-2-14-33-27(24)32)37-25-7-3-15-34-29(25)39/h1-11,14-15,21H,12-13,16-17,19H2,(H2,32,33)(H,36,40). The van der Waals surface area contributed by atoms with Crippen LogP contribution in [0.1, 0.15) is 34.6 Å². The number of nitrogens with zero attached hydrogens (tertiary/aromatic N) is 7. The average Bonchev–Trinajstić information content (AvgIpc) is 3.38. The quantitative estimate of drug-likeness (QED) is 0.339. The number of piperidine rings is 1. The zero-order valence-electron chi connectivity index (χ0n) is 21.7. The Labute approximate surface area is 231 Å². The second kappa shape index (κ2) is 10.9. The van der Waals surface area contributed by atoms with E-state index in [1.54, 1.807) is 30.6 Å². The Morgan fingerprint density at radius 1 is 0.975 bits per heavy atom. The summed E-state index contributed by atoms with van der Waals surface area (Å²) in [6.07, 6.45) is 5.13. The van der Waals surface area contributed by atoms with Crippen LogP contribution >= 0.6 is 0 Å². The molecule has 0 bridgehead atoms. The first kappa shape index (κ1) is 25.2. The van der Waals surface area contributed by atoms with E-state index in [4.69, 9.17) is 16.0 Å². The van der Waals surface area contributed by atoms with Gasteiger partial charge in [0.25, 0.3) is 5.91 Å². The highest BCUT2D eigenvalue weighted by atomic mass is 16.1. The van der Waals surface area contributed by atoms with Gasteiger partial charge in [-0.1, -0.05) is 18.2 Å². The summed E-state index contributed by atoms with van der Waals surface area (Å²) in [6, 6.07) is 22.9. The Bertz CT molecular complexity index is 1710. The third-order valence-electron chi connectivity index (χ3n) is 7.12. The predicted octanol–water partition coefficient (Wildman–Crippen LogP) is 3.73. The number of nitrogen functional groups attached to an aromatic ring is 1. The van der Waals surface area contributed by atoms with Crippen molar-refractivity contribution in [1.29, 1.82) is 5.26 Å². The molecule has 10 heteroatoms. The van der Waals surface area contributed by atoms with Crippen molar-refractivity contribution >= 4 is 22.9 Å². The van der Waals surface area contributed by atoms with E-state index in [0.717, 1.165) is 54.9 Å². The van der Waals surface area contributed by atoms with Gasteiger partial charge in [-0.2, -0.15) is 5.26 Å². The van der Waals surface area contributed by atoms with Gasteiger partial charge in [-0.25, -0.2) is 19.9 Å². The van der Waals surface area contributed by atoms with E-state index in [1.165, 1.54) is 5.56 Å². The topological polar surface area (TPSA) is 139 Å². The summed E-state index contributed by atoms with van der Waals surface area (Å²) in [6.45, 7) is 2.57. The molecule has 0 unspecified atom stereocenters. The summed E-state index contributed by atoms with van der Waals surface area (Å²) in [7, 11) is 0. The Balaban J connectivity index is 1.13. The number of fused-ring (bicyclic) bond motifs is 1. The molecule has 0 aliphatic carbocycles. The first-order valence-electron chi connectivity index (χ1n) is 13.1. The smallest absolute Gasteiger partial charge is 0.270 e. The number of imidazole rings is 1. The van der Waals surface area contributed by atoms with Crippen LogP contribution in [0.5, 0.6) is 0 Å². The molecule has 6 rings (SSSR count). The molecule has 1 amide bonds. The molecule has 1 fully saturated rings. The molecule has 1 aromatic carbocycles. The fourth-order valence-electron chi connectivity index (χ4n) is 5.07. The number of carbonyl (C=O) groups excluding carboxylic acids is 1. The van der Waals surface area contributed by atoms with Gasteiger partial charge >= 0.3 is 0 Å². The number of hydrogen-bond donors (Lipinski definition) is 2. The first-order valence-corrected chi connectivity index (χ1v) is 13.1. The third kappa shape index (κ3) is 5.10. The van der Waals surface area contributed by atoms with Crippen LogP contribution in [0.4, 0.5) is 5.82 Å². The van der Waals surface area contributed by atoms with Crippen molar-refractivity contribution in [2.24, 2.45) is 0 Å². The number of pyridine rings is 3. The number of hydrogen-bond acceptors (Lipinski definition) is 8. The lowest BCUT2D eigenvalue weighted by Gasteiger charge is -2.32. The molecule has 1 aliphatic rings. The molecule has 4 aromatic heterocycles. The predicted molar refractivity (Wildman–Crippen MR) is 151 cm³/mol. The summed E-state index contributed by atoms with van der Waals surface area (Å²) < 4.78 is 2.02. The molecule has 0 saturated carbocycles. The molecular formula is C30H27N9O. The molecule has 40 heavy (non-hydrogen) atoms. The lowest BCUT2D eigenvalue weighted by atomic mass is 10.0. The molecule has 198 valence electrons. The third-order valence-corrected chi connectivity index (χ3v) is 7.12. The van der Waals surface area contributed by atoms with E-state index >= 15 is 0 Å². The number of nitrogens with two attached hydrogens (primary N) is 1. The van der Waals surface area contributed by atoms with Gasteiger partial charge in [0.05, 0.1) is 5.56 Å². The van der Waals surface area contributed by atoms with Crippen LogP contribution in [-0.2, 0) is 6.54 Å². The molecule has 0 atom stereocenters. The van der Waals surface area contributed by atoms with Crippen LogP contribution in [0.15, 0.2) is 79.1 Å². The normalized spacial score (nSPS) is 14.2. The highest BCUT2D eigenvalue weighted by molar-refractivity contribution is 5.92. The lowest BCUT2D eigenvalue weighted by Crippen LogP contribution is -2.44. The monoisotopic (exact) mass is 529 g/mol. The fourth-order valence-corrected chi connectivity index (χ4v) is 5.07. The van der Waals surface area contributed by atoms with E-state index in [-0.39, 0.29) is 23.3 Å². The van der Waals surface area contributed by atoms with E-state index in [2.05, 4.69) is 49.4 Å². The number of likely N-dealkylation sites (tertiary alicyclic amines) is 1. The maximum absolute atomic E-state index is 12.6. The van der Waals surface area contributed by atoms with Gasteiger partial charge in [0.15, 0.2) is 11.5 Å². The minimum Gasteiger partial charge on any atom is -0.383 e. The average molecular weight is 530 g/mol. The van der Waals surface area contributed by atoms with Crippen LogP contribution in [0.3, 0.4) is 0 Å². The van der Waals surface area contributed by atoms with Gasteiger partial charge in [0, 0.05) is 43.8 Å². The number of aromatic nitrogens is 5. The zero-order chi connectivity index (χ0) is 27.5. The van der Waals surface area contributed by atoms with Crippen molar-refractivity contribution < 1.29 is 4.79 Å². The Hall–Kier alpha value is -5.14. The molecule has 10 nitrogen and oxygen atoms in total. The van der Waals surface area contributed by atoms with Crippen LogP contribution in [0.2, 0.25) is 0 Å². The van der Waals surface area contributed by atoms with Gasteiger partial charge in [0.1, 0.15) is 28.8 Å². The first-order chi connectivity index (χ1) is 19.6. The number of benzene rings is 1. The number of nitrogens with one attached hydrogen (secondary N) is 1. The Morgan fingerprint density at radius 2 is 1.75 bits per heavy atom. The maximum atomic E-state index is 12.6. The molecule has 1 saturated heterocycles. The molecule has 5 aromatic rings. The van der Waals surface area contributed by atoms with Crippen molar-refractivity contribution in [2.45, 2.75) is 25.4 Å². The van der Waals surface area contributed by atoms with Gasteiger partial charge < -0.3 is 11.1 Å². The highest BCUT2D eigenvalue weighted by Gasteiger charge is 2.22. The second-order valence-electron chi connectivity index (χ2n) is 9.76. The minimum absolute atomic E-state index is 0.0824. The number of rotatable bonds is 6. The fraction of sp³-hybridized carbons (Fsp3) is 0.200. The molecule has 0 radical (unpaired) electrons. The maximum Gasteiger partial charge on any atom is 0.270 e. The van der Waals surface area contributed by atoms with Crippen molar-refractivity contribution in [3.63, 3.8) is 0 Å². The zero-order valence-corrected chi connectivity index (χ0v) is 21.7. The summed E-state index contributed by atoms with van der Waals surface area (Å²) in [5.74, 6) is 0.882. The van der Waals surface area contributed by atoms with Gasteiger partial charge in [-0.15, -0.1) is 0 Å². The van der Waals surface area contributed by atoms with Crippen molar-refractivity contribution in [3.8, 4) is 23.1 Å². The summed E-state index contributed by atoms with van der Waals surface area (Å²) in [5, 5.41) is 12.1. The van der Waals surface area contributed by atoms with Crippen LogP contribution in [-0.4, -0.2) is 54.4 Å². The number of nitriles is 1. The Morgan fingerprint density at radius 3 is 2.52 bits per heavy atom. The Kier molecular flexibility index (Phi) is 6.87. The van der Waals surface area contributed by atoms with Crippen LogP contribution in [0, 0.1) is 11.3 Å². The van der Waals surface area contributed by atoms with Crippen molar-refractivity contribution in [1.82, 2.24) is 34.7 Å². The van der Waals surface area contributed by atoms with E-state index in [0.29, 0.717) is 11.6 Å². The van der Waals surface area contributed by atoms with Crippen molar-refractivity contribution in [3.05, 3.63) is 96.1 Å². The van der Waals surface area contributed by atoms with E-state index in [9.17, 15) is 4.79 Å². The lowest BCUT2D eigenvalue weighted by molar-refractivity contribution is 0.0904. The van der Waals surface area contributed by atoms with Crippen molar-refractivity contribution in [2.75, 3.05) is 18.8 Å². The highest BCUT2D eigenvalue weighted by Crippen LogP contribution is 2.30. The van der Waals surface area contributed by atoms with E-state index in [1.807, 2.05) is 34.9 Å². The van der Waals surface area contributed by atoms with Gasteiger partial charge in [0.2, 0.25) is 0 Å². The summed E-state index contributed by atoms with van der Waals surface area (Å²) in [5.41, 5.74) is 11.2. The molecule has 0 spiro atoms.